The van der Waals surface area contributed by atoms with Crippen molar-refractivity contribution >= 4 is 23.8 Å². The number of benzene rings is 1. The summed E-state index contributed by atoms with van der Waals surface area (Å²) in [7, 11) is 0. The Hall–Kier alpha value is -3.36. The molecule has 0 unspecified atom stereocenters. The molecule has 0 atom stereocenters. The predicted octanol–water partition coefficient (Wildman–Crippen LogP) is 2.03. The van der Waals surface area contributed by atoms with E-state index in [-0.39, 0.29) is 11.4 Å². The molecule has 1 aromatic carbocycles. The monoisotopic (exact) mass is 360 g/mol. The number of rotatable bonds is 5. The fraction of sp³-hybridized carbons (Fsp3) is 0.294. The maximum absolute atomic E-state index is 12.3. The van der Waals surface area contributed by atoms with E-state index in [1.807, 2.05) is 6.07 Å². The molecule has 9 nitrogen and oxygen atoms in total. The number of carboxylic acid groups (broad SMARTS) is 1. The molecule has 138 valence electrons. The predicted molar refractivity (Wildman–Crippen MR) is 93.4 cm³/mol. The van der Waals surface area contributed by atoms with Crippen molar-refractivity contribution in [3.63, 3.8) is 0 Å². The van der Waals surface area contributed by atoms with Gasteiger partial charge in [0, 0.05) is 0 Å². The normalized spacial score (nSPS) is 10.9. The molecule has 2 aromatic rings. The molecule has 0 aliphatic heterocycles. The van der Waals surface area contributed by atoms with Gasteiger partial charge in [-0.1, -0.05) is 18.2 Å². The zero-order valence-electron chi connectivity index (χ0n) is 14.6. The van der Waals surface area contributed by atoms with Crippen LogP contribution in [0.3, 0.4) is 0 Å². The molecule has 9 heteroatoms. The molecule has 0 spiro atoms. The van der Waals surface area contributed by atoms with Crippen molar-refractivity contribution in [2.24, 2.45) is 0 Å². The third-order valence-corrected chi connectivity index (χ3v) is 3.03. The Morgan fingerprint density at radius 1 is 1.19 bits per heavy atom. The highest BCUT2D eigenvalue weighted by molar-refractivity contribution is 6.02. The summed E-state index contributed by atoms with van der Waals surface area (Å²) in [6.07, 6.45) is 0.485. The summed E-state index contributed by atoms with van der Waals surface area (Å²) >= 11 is 0. The molecule has 0 saturated carbocycles. The quantitative estimate of drug-likeness (QED) is 0.750. The lowest BCUT2D eigenvalue weighted by molar-refractivity contribution is -0.135. The summed E-state index contributed by atoms with van der Waals surface area (Å²) in [6, 6.07) is 8.85. The first-order chi connectivity index (χ1) is 12.2. The number of hydrogen-bond donors (Lipinski definition) is 3. The molecule has 0 fully saturated rings. The van der Waals surface area contributed by atoms with E-state index in [1.54, 1.807) is 45.0 Å². The van der Waals surface area contributed by atoms with E-state index < -0.39 is 30.1 Å². The number of nitrogens with zero attached hydrogens (tertiary/aromatic N) is 2. The van der Waals surface area contributed by atoms with Gasteiger partial charge in [0.25, 0.3) is 5.91 Å². The number of aliphatic carboxylic acids is 1. The van der Waals surface area contributed by atoms with Crippen LogP contribution in [0.15, 0.2) is 36.5 Å². The molecule has 0 saturated heterocycles. The van der Waals surface area contributed by atoms with E-state index in [0.717, 1.165) is 0 Å². The van der Waals surface area contributed by atoms with Crippen LogP contribution in [0.4, 0.5) is 10.6 Å². The minimum atomic E-state index is -1.18. The fourth-order valence-corrected chi connectivity index (χ4v) is 2.05. The van der Waals surface area contributed by atoms with Crippen molar-refractivity contribution in [3.8, 4) is 5.69 Å². The van der Waals surface area contributed by atoms with Gasteiger partial charge in [0.15, 0.2) is 5.82 Å². The zero-order chi connectivity index (χ0) is 19.3. The van der Waals surface area contributed by atoms with Crippen molar-refractivity contribution in [2.75, 3.05) is 11.9 Å². The van der Waals surface area contributed by atoms with Gasteiger partial charge in [-0.15, -0.1) is 0 Å². The lowest BCUT2D eigenvalue weighted by Crippen LogP contribution is -2.31. The highest BCUT2D eigenvalue weighted by Gasteiger charge is 2.23. The van der Waals surface area contributed by atoms with Gasteiger partial charge in [-0.25, -0.2) is 9.48 Å². The van der Waals surface area contributed by atoms with Gasteiger partial charge in [0.1, 0.15) is 17.7 Å². The summed E-state index contributed by atoms with van der Waals surface area (Å²) in [6.45, 7) is 4.58. The maximum atomic E-state index is 12.3. The number of carbonyl (C=O) groups is 3. The van der Waals surface area contributed by atoms with Gasteiger partial charge in [0.05, 0.1) is 11.9 Å². The molecule has 0 aliphatic rings. The highest BCUT2D eigenvalue weighted by atomic mass is 16.6. The van der Waals surface area contributed by atoms with Gasteiger partial charge in [-0.05, 0) is 32.9 Å². The first kappa shape index (κ1) is 19.0. The molecule has 0 bridgehead atoms. The standard InChI is InChI=1S/C17H20N4O5/c1-17(2,3)26-16(25)20-14-12(15(24)18-10-13(22)23)9-19-21(14)11-7-5-4-6-8-11/h4-9H,10H2,1-3H3,(H,18,24)(H,20,25)(H,22,23). The molecule has 2 rings (SSSR count). The number of aromatic nitrogens is 2. The second kappa shape index (κ2) is 7.68. The second-order valence-corrected chi connectivity index (χ2v) is 6.36. The third-order valence-electron chi connectivity index (χ3n) is 3.03. The summed E-state index contributed by atoms with van der Waals surface area (Å²) in [5, 5.41) is 17.6. The number of anilines is 1. The average molecular weight is 360 g/mol. The van der Waals surface area contributed by atoms with E-state index in [9.17, 15) is 14.4 Å². The second-order valence-electron chi connectivity index (χ2n) is 6.36. The first-order valence-corrected chi connectivity index (χ1v) is 7.81. The Labute approximate surface area is 150 Å². The van der Waals surface area contributed by atoms with Crippen LogP contribution in [-0.4, -0.2) is 45.0 Å². The topological polar surface area (TPSA) is 123 Å². The van der Waals surface area contributed by atoms with Gasteiger partial charge < -0.3 is 15.2 Å². The summed E-state index contributed by atoms with van der Waals surface area (Å²) in [4.78, 5) is 35.1. The minimum absolute atomic E-state index is 0.0148. The molecule has 1 heterocycles. The lowest BCUT2D eigenvalue weighted by atomic mass is 10.2. The summed E-state index contributed by atoms with van der Waals surface area (Å²) < 4.78 is 6.58. The Kier molecular flexibility index (Phi) is 5.61. The largest absolute Gasteiger partial charge is 0.480 e. The van der Waals surface area contributed by atoms with Crippen molar-refractivity contribution in [1.29, 1.82) is 0 Å². The number of para-hydroxylation sites is 1. The molecule has 1 aromatic heterocycles. The van der Waals surface area contributed by atoms with E-state index in [4.69, 9.17) is 9.84 Å². The van der Waals surface area contributed by atoms with Gasteiger partial charge in [-0.3, -0.25) is 14.9 Å². The summed E-state index contributed by atoms with van der Waals surface area (Å²) in [5.41, 5.74) is -0.107. The van der Waals surface area contributed by atoms with Crippen LogP contribution in [0, 0.1) is 0 Å². The Morgan fingerprint density at radius 3 is 2.42 bits per heavy atom. The zero-order valence-corrected chi connectivity index (χ0v) is 14.6. The van der Waals surface area contributed by atoms with Gasteiger partial charge in [-0.2, -0.15) is 5.10 Å². The molecular weight excluding hydrogens is 340 g/mol. The Morgan fingerprint density at radius 2 is 1.85 bits per heavy atom. The van der Waals surface area contributed by atoms with Crippen LogP contribution >= 0.6 is 0 Å². The SMILES string of the molecule is CC(C)(C)OC(=O)Nc1c(C(=O)NCC(=O)O)cnn1-c1ccccc1. The van der Waals surface area contributed by atoms with Crippen LogP contribution in [0.2, 0.25) is 0 Å². The number of carbonyl (C=O) groups excluding carboxylic acids is 2. The third kappa shape index (κ3) is 5.07. The fourth-order valence-electron chi connectivity index (χ4n) is 2.05. The van der Waals surface area contributed by atoms with E-state index in [2.05, 4.69) is 15.7 Å². The van der Waals surface area contributed by atoms with Crippen LogP contribution in [0.5, 0.6) is 0 Å². The number of nitrogens with one attached hydrogen (secondary N) is 2. The van der Waals surface area contributed by atoms with Crippen LogP contribution in [0.25, 0.3) is 5.69 Å². The number of ether oxygens (including phenoxy) is 1. The first-order valence-electron chi connectivity index (χ1n) is 7.81. The average Bonchev–Trinajstić information content (AvgIpc) is 2.95. The number of carboxylic acids is 1. The molecule has 2 amide bonds. The minimum Gasteiger partial charge on any atom is -0.480 e. The molecule has 3 N–H and O–H groups in total. The molecule has 0 aliphatic carbocycles. The van der Waals surface area contributed by atoms with Crippen molar-refractivity contribution < 1.29 is 24.2 Å². The molecular formula is C17H20N4O5. The molecule has 0 radical (unpaired) electrons. The van der Waals surface area contributed by atoms with Gasteiger partial charge in [0.2, 0.25) is 0 Å². The van der Waals surface area contributed by atoms with E-state index in [0.29, 0.717) is 5.69 Å². The summed E-state index contributed by atoms with van der Waals surface area (Å²) in [5.74, 6) is -1.79. The van der Waals surface area contributed by atoms with Crippen molar-refractivity contribution in [1.82, 2.24) is 15.1 Å². The highest BCUT2D eigenvalue weighted by Crippen LogP contribution is 2.21. The van der Waals surface area contributed by atoms with Crippen LogP contribution in [-0.2, 0) is 9.53 Å². The van der Waals surface area contributed by atoms with Crippen LogP contribution in [0.1, 0.15) is 31.1 Å². The van der Waals surface area contributed by atoms with Crippen LogP contribution < -0.4 is 10.6 Å². The van der Waals surface area contributed by atoms with Crippen molar-refractivity contribution in [2.45, 2.75) is 26.4 Å². The Balaban J connectivity index is 2.36. The smallest absolute Gasteiger partial charge is 0.413 e. The van der Waals surface area contributed by atoms with Gasteiger partial charge >= 0.3 is 12.1 Å². The van der Waals surface area contributed by atoms with Crippen molar-refractivity contribution in [3.05, 3.63) is 42.1 Å². The van der Waals surface area contributed by atoms with E-state index in [1.165, 1.54) is 10.9 Å². The number of amides is 2. The maximum Gasteiger partial charge on any atom is 0.413 e. The molecule has 26 heavy (non-hydrogen) atoms. The van der Waals surface area contributed by atoms with E-state index >= 15 is 0 Å². The Bertz CT molecular complexity index is 808. The number of hydrogen-bond acceptors (Lipinski definition) is 5. The lowest BCUT2D eigenvalue weighted by Gasteiger charge is -2.20.